The molecule has 1 aromatic carbocycles. The molecule has 3 atom stereocenters. The Morgan fingerprint density at radius 1 is 1.18 bits per heavy atom. The number of nitrogens with one attached hydrogen (secondary N) is 2. The van der Waals surface area contributed by atoms with Crippen LogP contribution in [0.4, 0.5) is 29.1 Å². The lowest BCUT2D eigenvalue weighted by molar-refractivity contribution is -0.137. The molecule has 15 heteroatoms. The second-order valence-electron chi connectivity index (χ2n) is 11.7. The molecule has 2 saturated heterocycles. The molecule has 0 amide bonds. The number of rotatable bonds is 4. The second-order valence-corrected chi connectivity index (χ2v) is 12.5. The van der Waals surface area contributed by atoms with Crippen LogP contribution in [-0.4, -0.2) is 77.0 Å². The molecule has 0 radical (unpaired) electrons. The van der Waals surface area contributed by atoms with Gasteiger partial charge in [0.25, 0.3) is 0 Å². The molecule has 0 aliphatic carbocycles. The number of hydrogen-bond acceptors (Lipinski definition) is 9. The number of benzene rings is 1. The van der Waals surface area contributed by atoms with Crippen LogP contribution < -0.4 is 25.8 Å². The average molecular weight is 659 g/mol. The van der Waals surface area contributed by atoms with Crippen LogP contribution in [0.25, 0.3) is 22.2 Å². The Bertz CT molecular complexity index is 1590. The number of halogens is 6. The Hall–Kier alpha value is -2.87. The first-order valence-electron chi connectivity index (χ1n) is 14.6. The molecule has 0 spiro atoms. The summed E-state index contributed by atoms with van der Waals surface area (Å²) in [6.07, 6.45) is -3.45. The van der Waals surface area contributed by atoms with Crippen molar-refractivity contribution in [3.05, 3.63) is 27.2 Å². The molecule has 0 saturated carbocycles. The van der Waals surface area contributed by atoms with Gasteiger partial charge in [0.15, 0.2) is 0 Å². The van der Waals surface area contributed by atoms with Crippen molar-refractivity contribution in [1.29, 1.82) is 0 Å². The zero-order valence-corrected chi connectivity index (χ0v) is 25.8. The maximum Gasteiger partial charge on any atom is 0.417 e. The number of nitrogens with zero attached hydrogens (tertiary/aromatic N) is 4. The Morgan fingerprint density at radius 3 is 2.75 bits per heavy atom. The predicted molar refractivity (Wildman–Crippen MR) is 162 cm³/mol. The van der Waals surface area contributed by atoms with Gasteiger partial charge in [0, 0.05) is 31.6 Å². The summed E-state index contributed by atoms with van der Waals surface area (Å²) in [5, 5.41) is 6.49. The van der Waals surface area contributed by atoms with Crippen LogP contribution in [-0.2, 0) is 6.18 Å². The third kappa shape index (κ3) is 5.67. The summed E-state index contributed by atoms with van der Waals surface area (Å²) in [6, 6.07) is 1.06. The summed E-state index contributed by atoms with van der Waals surface area (Å²) in [5.41, 5.74) is 3.76. The molecular formula is C29H33Cl2F4N7O2. The van der Waals surface area contributed by atoms with Gasteiger partial charge in [-0.15, -0.1) is 0 Å². The maximum absolute atomic E-state index is 14.5. The highest BCUT2D eigenvalue weighted by molar-refractivity contribution is 6.38. The normalized spacial score (nSPS) is 24.5. The van der Waals surface area contributed by atoms with E-state index in [1.54, 1.807) is 0 Å². The first kappa shape index (κ1) is 31.1. The molecule has 6 rings (SSSR count). The Morgan fingerprint density at radius 2 is 1.98 bits per heavy atom. The van der Waals surface area contributed by atoms with Gasteiger partial charge in [0.2, 0.25) is 5.88 Å². The van der Waals surface area contributed by atoms with Crippen LogP contribution in [0.1, 0.15) is 43.7 Å². The number of anilines is 2. The molecule has 2 aromatic heterocycles. The van der Waals surface area contributed by atoms with E-state index in [9.17, 15) is 17.6 Å². The number of nitrogen functional groups attached to an aromatic ring is 1. The summed E-state index contributed by atoms with van der Waals surface area (Å²) in [7, 11) is 0. The third-order valence-corrected chi connectivity index (χ3v) is 9.52. The molecular weight excluding hydrogens is 625 g/mol. The fourth-order valence-electron chi connectivity index (χ4n) is 6.54. The summed E-state index contributed by atoms with van der Waals surface area (Å²) in [5.74, 6) is 0.314. The maximum atomic E-state index is 14.5. The van der Waals surface area contributed by atoms with Crippen LogP contribution >= 0.6 is 23.2 Å². The minimum atomic E-state index is -4.80. The van der Waals surface area contributed by atoms with Crippen molar-refractivity contribution in [2.24, 2.45) is 0 Å². The highest BCUT2D eigenvalue weighted by Crippen LogP contribution is 2.48. The van der Waals surface area contributed by atoms with Crippen molar-refractivity contribution in [3.63, 3.8) is 0 Å². The molecule has 5 heterocycles. The fraction of sp³-hybridized carbons (Fsp3) is 0.552. The van der Waals surface area contributed by atoms with Gasteiger partial charge in [-0.3, -0.25) is 4.90 Å². The SMILES string of the molecule is Cc1c(Cl)c(N)cc(-c2nc3c4c(nc(OCC56CCCN5C[C@H](F)C6)nc4c2Cl)NCCNCC[C@H](C)O3)c1C(F)(F)F. The largest absolute Gasteiger partial charge is 0.474 e. The van der Waals surface area contributed by atoms with E-state index in [0.717, 1.165) is 25.5 Å². The van der Waals surface area contributed by atoms with Crippen LogP contribution in [0.5, 0.6) is 11.9 Å². The molecule has 1 unspecified atom stereocenters. The Balaban J connectivity index is 1.54. The molecule has 2 fully saturated rings. The van der Waals surface area contributed by atoms with Crippen molar-refractivity contribution in [2.75, 3.05) is 50.4 Å². The van der Waals surface area contributed by atoms with Crippen molar-refractivity contribution in [3.8, 4) is 23.1 Å². The zero-order chi connectivity index (χ0) is 31.4. The Kier molecular flexibility index (Phi) is 8.35. The fourth-order valence-corrected chi connectivity index (χ4v) is 6.97. The molecule has 3 aliphatic rings. The molecule has 238 valence electrons. The van der Waals surface area contributed by atoms with E-state index in [4.69, 9.17) is 38.4 Å². The zero-order valence-electron chi connectivity index (χ0n) is 24.3. The number of ether oxygens (including phenoxy) is 2. The number of nitrogens with two attached hydrogens (primary N) is 1. The minimum Gasteiger partial charge on any atom is -0.474 e. The quantitative estimate of drug-likeness (QED) is 0.229. The molecule has 44 heavy (non-hydrogen) atoms. The van der Waals surface area contributed by atoms with Gasteiger partial charge < -0.3 is 25.8 Å². The van der Waals surface area contributed by atoms with Crippen molar-refractivity contribution in [2.45, 2.75) is 63.5 Å². The van der Waals surface area contributed by atoms with Crippen molar-refractivity contribution < 1.29 is 27.0 Å². The third-order valence-electron chi connectivity index (χ3n) is 8.66. The molecule has 3 aromatic rings. The number of aromatic nitrogens is 3. The van der Waals surface area contributed by atoms with Gasteiger partial charge in [-0.25, -0.2) is 9.37 Å². The van der Waals surface area contributed by atoms with Crippen LogP contribution in [0.15, 0.2) is 6.07 Å². The molecule has 0 bridgehead atoms. The van der Waals surface area contributed by atoms with E-state index in [-0.39, 0.29) is 62.7 Å². The summed E-state index contributed by atoms with van der Waals surface area (Å²) in [4.78, 5) is 15.9. The second kappa shape index (κ2) is 11.8. The number of hydrogen-bond donors (Lipinski definition) is 3. The van der Waals surface area contributed by atoms with E-state index >= 15 is 0 Å². The number of alkyl halides is 4. The summed E-state index contributed by atoms with van der Waals surface area (Å²) >= 11 is 13.1. The van der Waals surface area contributed by atoms with E-state index in [1.807, 2.05) is 6.92 Å². The first-order chi connectivity index (χ1) is 20.9. The van der Waals surface area contributed by atoms with E-state index in [1.165, 1.54) is 6.92 Å². The standard InChI is InChI=1S/C29H33Cl2F4N7O2/c1-14-4-6-37-7-8-38-25-19-24(40-27(41-25)43-13-28-5-3-9-42(28)12-16(32)11-28)22(31)23(39-26(19)44-14)17-10-18(36)21(30)15(2)20(17)29(33,34)35/h10,14,16,37H,3-9,11-13,36H2,1-2H3,(H,38,40,41)/t14-,16+,28?/m0/s1. The summed E-state index contributed by atoms with van der Waals surface area (Å²) in [6.45, 7) is 6.09. The lowest BCUT2D eigenvalue weighted by Crippen LogP contribution is -2.43. The monoisotopic (exact) mass is 657 g/mol. The van der Waals surface area contributed by atoms with E-state index in [2.05, 4.69) is 30.5 Å². The average Bonchev–Trinajstić information content (AvgIpc) is 3.47. The lowest BCUT2D eigenvalue weighted by atomic mass is 9.95. The van der Waals surface area contributed by atoms with Crippen LogP contribution in [0, 0.1) is 6.92 Å². The lowest BCUT2D eigenvalue weighted by Gasteiger charge is -2.30. The van der Waals surface area contributed by atoms with E-state index in [0.29, 0.717) is 50.2 Å². The highest BCUT2D eigenvalue weighted by Gasteiger charge is 2.49. The van der Waals surface area contributed by atoms with Crippen LogP contribution in [0.2, 0.25) is 10.0 Å². The van der Waals surface area contributed by atoms with Gasteiger partial charge in [-0.2, -0.15) is 23.1 Å². The first-order valence-corrected chi connectivity index (χ1v) is 15.3. The molecule has 4 N–H and O–H groups in total. The number of pyridine rings is 1. The topological polar surface area (TPSA) is 110 Å². The van der Waals surface area contributed by atoms with Crippen molar-refractivity contribution >= 4 is 45.6 Å². The van der Waals surface area contributed by atoms with Gasteiger partial charge in [0.1, 0.15) is 29.5 Å². The van der Waals surface area contributed by atoms with Crippen molar-refractivity contribution in [1.82, 2.24) is 25.2 Å². The van der Waals surface area contributed by atoms with Gasteiger partial charge in [0.05, 0.1) is 38.6 Å². The predicted octanol–water partition coefficient (Wildman–Crippen LogP) is 6.04. The minimum absolute atomic E-state index is 0.0128. The van der Waals surface area contributed by atoms with Gasteiger partial charge >= 0.3 is 12.2 Å². The van der Waals surface area contributed by atoms with Crippen LogP contribution in [0.3, 0.4) is 0 Å². The van der Waals surface area contributed by atoms with Gasteiger partial charge in [-0.05, 0) is 57.8 Å². The smallest absolute Gasteiger partial charge is 0.417 e. The highest BCUT2D eigenvalue weighted by atomic mass is 35.5. The Labute approximate surface area is 261 Å². The summed E-state index contributed by atoms with van der Waals surface area (Å²) < 4.78 is 70.2. The molecule has 3 aliphatic heterocycles. The number of fused-ring (bicyclic) bond motifs is 1. The molecule has 9 nitrogen and oxygen atoms in total. The van der Waals surface area contributed by atoms with Gasteiger partial charge in [-0.1, -0.05) is 23.2 Å². The van der Waals surface area contributed by atoms with E-state index < -0.39 is 23.5 Å².